The average molecular weight is 127 g/mol. The zero-order chi connectivity index (χ0) is 7.07. The van der Waals surface area contributed by atoms with Crippen LogP contribution < -0.4 is 5.32 Å². The number of carbonyl (C=O) groups is 1. The van der Waals surface area contributed by atoms with Crippen molar-refractivity contribution in [3.8, 4) is 0 Å². The zero-order valence-electron chi connectivity index (χ0n) is 5.52. The molecule has 1 N–H and O–H groups in total. The van der Waals surface area contributed by atoms with E-state index in [0.29, 0.717) is 5.70 Å². The minimum absolute atomic E-state index is 0.412. The Kier molecular flexibility index (Phi) is 1.02. The van der Waals surface area contributed by atoms with E-state index in [1.807, 2.05) is 0 Å². The van der Waals surface area contributed by atoms with Gasteiger partial charge in [0.25, 0.3) is 0 Å². The molecule has 1 fully saturated rings. The lowest BCUT2D eigenvalue weighted by atomic mass is 10.1. The van der Waals surface area contributed by atoms with Crippen molar-refractivity contribution in [3.05, 3.63) is 12.3 Å². The number of ether oxygens (including phenoxy) is 1. The first-order valence-electron chi connectivity index (χ1n) is 2.72. The van der Waals surface area contributed by atoms with Crippen molar-refractivity contribution in [2.45, 2.75) is 19.4 Å². The predicted molar refractivity (Wildman–Crippen MR) is 32.8 cm³/mol. The van der Waals surface area contributed by atoms with Gasteiger partial charge in [0.15, 0.2) is 0 Å². The van der Waals surface area contributed by atoms with Crippen LogP contribution in [0.4, 0.5) is 4.79 Å². The maximum absolute atomic E-state index is 10.5. The molecule has 0 unspecified atom stereocenters. The lowest BCUT2D eigenvalue weighted by molar-refractivity contribution is 0.0980. The van der Waals surface area contributed by atoms with Crippen LogP contribution in [-0.4, -0.2) is 11.7 Å². The second-order valence-electron chi connectivity index (χ2n) is 2.50. The summed E-state index contributed by atoms with van der Waals surface area (Å²) in [6.07, 6.45) is -0.412. The zero-order valence-corrected chi connectivity index (χ0v) is 5.52. The van der Waals surface area contributed by atoms with Gasteiger partial charge in [-0.25, -0.2) is 4.79 Å². The van der Waals surface area contributed by atoms with E-state index in [4.69, 9.17) is 4.74 Å². The fourth-order valence-electron chi connectivity index (χ4n) is 0.593. The molecule has 1 saturated heterocycles. The number of nitrogens with one attached hydrogen (secondary N) is 1. The van der Waals surface area contributed by atoms with Gasteiger partial charge >= 0.3 is 6.09 Å². The number of carbonyl (C=O) groups excluding carboxylic acids is 1. The van der Waals surface area contributed by atoms with Crippen molar-refractivity contribution in [2.24, 2.45) is 0 Å². The van der Waals surface area contributed by atoms with Crippen LogP contribution in [-0.2, 0) is 4.74 Å². The lowest BCUT2D eigenvalue weighted by Gasteiger charge is -2.14. The molecule has 1 amide bonds. The Morgan fingerprint density at radius 2 is 2.22 bits per heavy atom. The van der Waals surface area contributed by atoms with Gasteiger partial charge in [0, 0.05) is 0 Å². The largest absolute Gasteiger partial charge is 0.437 e. The smallest absolute Gasteiger partial charge is 0.412 e. The second-order valence-corrected chi connectivity index (χ2v) is 2.50. The van der Waals surface area contributed by atoms with Crippen LogP contribution in [0.3, 0.4) is 0 Å². The topological polar surface area (TPSA) is 38.3 Å². The third-order valence-electron chi connectivity index (χ3n) is 1.33. The maximum Gasteiger partial charge on any atom is 0.412 e. The SMILES string of the molecule is C=C1NC(=O)OC1(C)C. The normalized spacial score (nSPS) is 23.3. The van der Waals surface area contributed by atoms with E-state index in [2.05, 4.69) is 11.9 Å². The van der Waals surface area contributed by atoms with Crippen LogP contribution >= 0.6 is 0 Å². The number of cyclic esters (lactones) is 1. The minimum atomic E-state index is -0.531. The molecule has 0 aromatic rings. The Hall–Kier alpha value is -0.990. The number of alkyl carbamates (subject to hydrolysis) is 1. The molecule has 0 atom stereocenters. The van der Waals surface area contributed by atoms with E-state index in [-0.39, 0.29) is 0 Å². The summed E-state index contributed by atoms with van der Waals surface area (Å²) in [6.45, 7) is 7.17. The molecule has 3 heteroatoms. The van der Waals surface area contributed by atoms with Crippen LogP contribution in [0.25, 0.3) is 0 Å². The molecule has 1 aliphatic heterocycles. The molecule has 50 valence electrons. The number of hydrogen-bond acceptors (Lipinski definition) is 2. The Morgan fingerprint density at radius 1 is 1.67 bits per heavy atom. The number of rotatable bonds is 0. The molecule has 1 aliphatic rings. The standard InChI is InChI=1S/C6H9NO2/c1-4-6(2,3)9-5(8)7-4/h1H2,2-3H3,(H,7,8). The summed E-state index contributed by atoms with van der Waals surface area (Å²) >= 11 is 0. The summed E-state index contributed by atoms with van der Waals surface area (Å²) < 4.78 is 4.81. The van der Waals surface area contributed by atoms with Crippen molar-refractivity contribution >= 4 is 6.09 Å². The van der Waals surface area contributed by atoms with Gasteiger partial charge in [-0.2, -0.15) is 0 Å². The number of hydrogen-bond donors (Lipinski definition) is 1. The molecule has 0 aromatic heterocycles. The van der Waals surface area contributed by atoms with E-state index in [1.54, 1.807) is 13.8 Å². The van der Waals surface area contributed by atoms with E-state index >= 15 is 0 Å². The molecule has 0 saturated carbocycles. The summed E-state index contributed by atoms with van der Waals surface area (Å²) in [4.78, 5) is 10.5. The first-order valence-corrected chi connectivity index (χ1v) is 2.72. The monoisotopic (exact) mass is 127 g/mol. The Morgan fingerprint density at radius 3 is 2.33 bits per heavy atom. The van der Waals surface area contributed by atoms with Gasteiger partial charge in [-0.15, -0.1) is 0 Å². The van der Waals surface area contributed by atoms with Gasteiger partial charge in [-0.3, -0.25) is 5.32 Å². The van der Waals surface area contributed by atoms with Crippen LogP contribution in [0.15, 0.2) is 12.3 Å². The molecule has 1 rings (SSSR count). The fraction of sp³-hybridized carbons (Fsp3) is 0.500. The van der Waals surface area contributed by atoms with Crippen molar-refractivity contribution in [1.29, 1.82) is 0 Å². The third kappa shape index (κ3) is 0.896. The predicted octanol–water partition coefficient (Wildman–Crippen LogP) is 1.02. The molecule has 0 radical (unpaired) electrons. The minimum Gasteiger partial charge on any atom is -0.437 e. The van der Waals surface area contributed by atoms with Crippen LogP contribution in [0.5, 0.6) is 0 Å². The molecule has 3 nitrogen and oxygen atoms in total. The fourth-order valence-corrected chi connectivity index (χ4v) is 0.593. The van der Waals surface area contributed by atoms with E-state index in [1.165, 1.54) is 0 Å². The van der Waals surface area contributed by atoms with Crippen LogP contribution in [0.1, 0.15) is 13.8 Å². The molecule has 0 bridgehead atoms. The van der Waals surface area contributed by atoms with Gasteiger partial charge in [-0.05, 0) is 13.8 Å². The van der Waals surface area contributed by atoms with Crippen LogP contribution in [0, 0.1) is 0 Å². The molecular weight excluding hydrogens is 118 g/mol. The highest BCUT2D eigenvalue weighted by Gasteiger charge is 2.34. The summed E-state index contributed by atoms with van der Waals surface area (Å²) in [5.41, 5.74) is 0.0874. The van der Waals surface area contributed by atoms with Crippen molar-refractivity contribution < 1.29 is 9.53 Å². The van der Waals surface area contributed by atoms with E-state index in [9.17, 15) is 4.79 Å². The highest BCUT2D eigenvalue weighted by Crippen LogP contribution is 2.22. The van der Waals surface area contributed by atoms with Crippen molar-refractivity contribution in [3.63, 3.8) is 0 Å². The summed E-state index contributed by atoms with van der Waals surface area (Å²) in [6, 6.07) is 0. The molecular formula is C6H9NO2. The maximum atomic E-state index is 10.5. The van der Waals surface area contributed by atoms with Crippen molar-refractivity contribution in [2.75, 3.05) is 0 Å². The second kappa shape index (κ2) is 1.50. The highest BCUT2D eigenvalue weighted by atomic mass is 16.6. The van der Waals surface area contributed by atoms with Gasteiger partial charge in [0.2, 0.25) is 0 Å². The molecule has 0 aliphatic carbocycles. The van der Waals surface area contributed by atoms with E-state index < -0.39 is 11.7 Å². The highest BCUT2D eigenvalue weighted by molar-refractivity contribution is 5.74. The third-order valence-corrected chi connectivity index (χ3v) is 1.33. The molecule has 9 heavy (non-hydrogen) atoms. The van der Waals surface area contributed by atoms with Crippen molar-refractivity contribution in [1.82, 2.24) is 5.32 Å². The Balaban J connectivity index is 2.81. The quantitative estimate of drug-likeness (QED) is 0.527. The first-order chi connectivity index (χ1) is 4.02. The summed E-state index contributed by atoms with van der Waals surface area (Å²) in [7, 11) is 0. The number of amides is 1. The van der Waals surface area contributed by atoms with Gasteiger partial charge in [0.1, 0.15) is 5.60 Å². The molecule has 0 spiro atoms. The average Bonchev–Trinajstić information content (AvgIpc) is 1.79. The summed E-state index contributed by atoms with van der Waals surface area (Å²) in [5, 5.41) is 2.45. The summed E-state index contributed by atoms with van der Waals surface area (Å²) in [5.74, 6) is 0. The van der Waals surface area contributed by atoms with Gasteiger partial charge in [0.05, 0.1) is 5.70 Å². The molecule has 0 aromatic carbocycles. The first kappa shape index (κ1) is 6.13. The Bertz CT molecular complexity index is 172. The Labute approximate surface area is 53.7 Å². The lowest BCUT2D eigenvalue weighted by Crippen LogP contribution is -2.20. The van der Waals surface area contributed by atoms with E-state index in [0.717, 1.165) is 0 Å². The molecule has 1 heterocycles. The van der Waals surface area contributed by atoms with Gasteiger partial charge in [-0.1, -0.05) is 6.58 Å². The van der Waals surface area contributed by atoms with Crippen LogP contribution in [0.2, 0.25) is 0 Å². The van der Waals surface area contributed by atoms with Gasteiger partial charge < -0.3 is 4.74 Å².